The largest absolute Gasteiger partial charge is 0.309 e. The predicted octanol–water partition coefficient (Wildman–Crippen LogP) is 15.8. The average Bonchev–Trinajstić information content (AvgIpc) is 3.30. The normalized spacial score (nSPS) is 11.2. The molecule has 0 amide bonds. The summed E-state index contributed by atoms with van der Waals surface area (Å²) in [7, 11) is 0. The molecule has 0 heterocycles. The molecule has 268 valence electrons. The minimum absolute atomic E-state index is 1.10. The van der Waals surface area contributed by atoms with Crippen molar-refractivity contribution >= 4 is 38.6 Å². The van der Waals surface area contributed by atoms with Gasteiger partial charge in [-0.1, -0.05) is 212 Å². The van der Waals surface area contributed by atoms with Crippen molar-refractivity contribution in [3.8, 4) is 55.6 Å². The van der Waals surface area contributed by atoms with Gasteiger partial charge >= 0.3 is 0 Å². The zero-order valence-corrected chi connectivity index (χ0v) is 31.5. The van der Waals surface area contributed by atoms with Crippen LogP contribution in [-0.4, -0.2) is 0 Å². The van der Waals surface area contributed by atoms with E-state index in [1.165, 1.54) is 71.6 Å². The lowest BCUT2D eigenvalue weighted by molar-refractivity contribution is 1.30. The lowest BCUT2D eigenvalue weighted by Crippen LogP contribution is -2.12. The molecule has 1 nitrogen and oxygen atoms in total. The van der Waals surface area contributed by atoms with E-state index in [0.717, 1.165) is 22.6 Å². The van der Waals surface area contributed by atoms with Crippen LogP contribution >= 0.6 is 0 Å². The highest BCUT2D eigenvalue weighted by molar-refractivity contribution is 6.03. The van der Waals surface area contributed by atoms with Crippen LogP contribution in [0, 0.1) is 0 Å². The maximum absolute atomic E-state index is 2.44. The fraction of sp³-hybridized carbons (Fsp3) is 0. The van der Waals surface area contributed by atoms with Crippen LogP contribution in [0.5, 0.6) is 0 Å². The first kappa shape index (κ1) is 34.0. The monoisotopic (exact) mass is 725 g/mol. The van der Waals surface area contributed by atoms with E-state index < -0.39 is 0 Å². The summed E-state index contributed by atoms with van der Waals surface area (Å²) in [6, 6.07) is 85.6. The van der Waals surface area contributed by atoms with E-state index in [0.29, 0.717) is 0 Å². The van der Waals surface area contributed by atoms with Gasteiger partial charge in [-0.3, -0.25) is 0 Å². The van der Waals surface area contributed by atoms with Crippen LogP contribution in [0.2, 0.25) is 0 Å². The molecule has 1 heteroatoms. The topological polar surface area (TPSA) is 3.24 Å². The molecular formula is C56H39N. The van der Waals surface area contributed by atoms with Crippen LogP contribution in [0.15, 0.2) is 237 Å². The quantitative estimate of drug-likeness (QED) is 0.151. The Morgan fingerprint density at radius 3 is 1.33 bits per heavy atom. The summed E-state index contributed by atoms with van der Waals surface area (Å²) in [4.78, 5) is 2.44. The number of benzene rings is 10. The second kappa shape index (κ2) is 15.0. The molecule has 0 aliphatic heterocycles. The van der Waals surface area contributed by atoms with Gasteiger partial charge in [0.15, 0.2) is 0 Å². The van der Waals surface area contributed by atoms with Crippen LogP contribution < -0.4 is 4.90 Å². The van der Waals surface area contributed by atoms with Gasteiger partial charge in [-0.2, -0.15) is 0 Å². The van der Waals surface area contributed by atoms with Gasteiger partial charge in [0.2, 0.25) is 0 Å². The van der Waals surface area contributed by atoms with Crippen molar-refractivity contribution in [2.45, 2.75) is 0 Å². The highest BCUT2D eigenvalue weighted by Crippen LogP contribution is 2.47. The van der Waals surface area contributed by atoms with Crippen molar-refractivity contribution in [2.24, 2.45) is 0 Å². The van der Waals surface area contributed by atoms with Gasteiger partial charge in [-0.25, -0.2) is 0 Å². The molecule has 0 saturated carbocycles. The Kier molecular flexibility index (Phi) is 8.95. The summed E-state index contributed by atoms with van der Waals surface area (Å²) in [5, 5.41) is 4.91. The molecule has 0 N–H and O–H groups in total. The van der Waals surface area contributed by atoms with Gasteiger partial charge in [0.1, 0.15) is 0 Å². The Morgan fingerprint density at radius 2 is 0.614 bits per heavy atom. The molecule has 10 aromatic carbocycles. The number of anilines is 3. The number of para-hydroxylation sites is 1. The molecule has 0 spiro atoms. The second-order valence-electron chi connectivity index (χ2n) is 14.5. The van der Waals surface area contributed by atoms with Gasteiger partial charge in [0.05, 0.1) is 11.4 Å². The Labute approximate surface area is 334 Å². The third kappa shape index (κ3) is 6.46. The van der Waals surface area contributed by atoms with Gasteiger partial charge in [-0.15, -0.1) is 0 Å². The first-order valence-electron chi connectivity index (χ1n) is 19.6. The molecule has 10 rings (SSSR count). The molecule has 0 radical (unpaired) electrons. The lowest BCUT2D eigenvalue weighted by Gasteiger charge is -2.29. The zero-order valence-electron chi connectivity index (χ0n) is 31.5. The molecular weight excluding hydrogens is 687 g/mol. The fourth-order valence-corrected chi connectivity index (χ4v) is 8.37. The van der Waals surface area contributed by atoms with E-state index in [-0.39, 0.29) is 0 Å². The van der Waals surface area contributed by atoms with Crippen LogP contribution in [0.25, 0.3) is 77.2 Å². The molecule has 0 aliphatic carbocycles. The van der Waals surface area contributed by atoms with Gasteiger partial charge in [0, 0.05) is 16.6 Å². The summed E-state index contributed by atoms with van der Waals surface area (Å²) in [6.07, 6.45) is 0. The van der Waals surface area contributed by atoms with Crippen molar-refractivity contribution in [1.29, 1.82) is 0 Å². The number of fused-ring (bicyclic) bond motifs is 2. The highest BCUT2D eigenvalue weighted by atomic mass is 15.1. The Hall–Kier alpha value is -7.48. The summed E-state index contributed by atoms with van der Waals surface area (Å²) in [5.41, 5.74) is 15.3. The van der Waals surface area contributed by atoms with Crippen LogP contribution in [0.3, 0.4) is 0 Å². The van der Waals surface area contributed by atoms with Crippen molar-refractivity contribution in [3.05, 3.63) is 237 Å². The van der Waals surface area contributed by atoms with Crippen molar-refractivity contribution < 1.29 is 0 Å². The van der Waals surface area contributed by atoms with Crippen molar-refractivity contribution in [2.75, 3.05) is 4.90 Å². The highest BCUT2D eigenvalue weighted by Gasteiger charge is 2.21. The molecule has 0 atom stereocenters. The van der Waals surface area contributed by atoms with Crippen LogP contribution in [0.1, 0.15) is 0 Å². The van der Waals surface area contributed by atoms with Crippen molar-refractivity contribution in [1.82, 2.24) is 0 Å². The summed E-state index contributed by atoms with van der Waals surface area (Å²) < 4.78 is 0. The Bertz CT molecular complexity index is 2990. The molecule has 0 unspecified atom stereocenters. The molecule has 0 aliphatic rings. The first-order chi connectivity index (χ1) is 28.3. The summed E-state index contributed by atoms with van der Waals surface area (Å²) in [6.45, 7) is 0. The molecule has 0 fully saturated rings. The fourth-order valence-electron chi connectivity index (χ4n) is 8.37. The summed E-state index contributed by atoms with van der Waals surface area (Å²) in [5.74, 6) is 0. The SMILES string of the molecule is c1ccc(-c2ccc(-c3ccccc3-c3ccccc3-c3ccccc3N(c3ccc(-c4cccc5ccccc45)cc3)c3cccc4ccccc34)cc2)cc1. The smallest absolute Gasteiger partial charge is 0.0540 e. The van der Waals surface area contributed by atoms with E-state index in [9.17, 15) is 0 Å². The minimum Gasteiger partial charge on any atom is -0.309 e. The number of hydrogen-bond donors (Lipinski definition) is 0. The van der Waals surface area contributed by atoms with Gasteiger partial charge in [0.25, 0.3) is 0 Å². The van der Waals surface area contributed by atoms with E-state index in [4.69, 9.17) is 0 Å². The van der Waals surface area contributed by atoms with E-state index in [1.54, 1.807) is 0 Å². The third-order valence-electron chi connectivity index (χ3n) is 11.1. The molecule has 10 aromatic rings. The molecule has 57 heavy (non-hydrogen) atoms. The molecule has 0 aromatic heterocycles. The zero-order chi connectivity index (χ0) is 38.0. The number of hydrogen-bond acceptors (Lipinski definition) is 1. The third-order valence-corrected chi connectivity index (χ3v) is 11.1. The van der Waals surface area contributed by atoms with E-state index in [1.807, 2.05) is 0 Å². The van der Waals surface area contributed by atoms with E-state index >= 15 is 0 Å². The van der Waals surface area contributed by atoms with Crippen LogP contribution in [0.4, 0.5) is 17.1 Å². The van der Waals surface area contributed by atoms with E-state index in [2.05, 4.69) is 241 Å². The standard InChI is InChI=1S/C56H39N/c1-2-16-40(17-3-1)41-32-34-44(35-33-41)49-23-8-9-25-51(49)52-26-10-11-27-53(52)54-28-12-13-30-56(54)57(55-31-15-21-43-19-5-7-24-50(43)55)46-38-36-45(37-39-46)48-29-14-20-42-18-4-6-22-47(42)48/h1-39H. The summed E-state index contributed by atoms with van der Waals surface area (Å²) >= 11 is 0. The first-order valence-corrected chi connectivity index (χ1v) is 19.6. The predicted molar refractivity (Wildman–Crippen MR) is 243 cm³/mol. The Balaban J connectivity index is 1.12. The maximum Gasteiger partial charge on any atom is 0.0540 e. The lowest BCUT2D eigenvalue weighted by atomic mass is 9.88. The minimum atomic E-state index is 1.10. The Morgan fingerprint density at radius 1 is 0.211 bits per heavy atom. The van der Waals surface area contributed by atoms with Gasteiger partial charge < -0.3 is 4.90 Å². The van der Waals surface area contributed by atoms with Crippen LogP contribution in [-0.2, 0) is 0 Å². The number of rotatable bonds is 8. The number of nitrogens with zero attached hydrogens (tertiary/aromatic N) is 1. The van der Waals surface area contributed by atoms with Gasteiger partial charge in [-0.05, 0) is 90.5 Å². The molecule has 0 saturated heterocycles. The second-order valence-corrected chi connectivity index (χ2v) is 14.5. The maximum atomic E-state index is 2.44. The molecule has 0 bridgehead atoms. The van der Waals surface area contributed by atoms with Crippen molar-refractivity contribution in [3.63, 3.8) is 0 Å². The average molecular weight is 726 g/mol.